The molecule has 0 bridgehead atoms. The molecule has 1 aromatic carbocycles. The second kappa shape index (κ2) is 12.3. The Morgan fingerprint density at radius 2 is 2.00 bits per heavy atom. The molecule has 8 heteroatoms. The number of likely N-dealkylation sites (N-methyl/N-ethyl adjacent to an activating group) is 1. The molecule has 1 rings (SSSR count). The van der Waals surface area contributed by atoms with Crippen LogP contribution in [0.4, 0.5) is 5.69 Å². The first-order valence-corrected chi connectivity index (χ1v) is 9.21. The SMILES string of the molecule is COCCNC(=O)CN(C)CC(=O)Nc1ccccc1S[C@H](C)CC#N. The van der Waals surface area contributed by atoms with Crippen molar-refractivity contribution in [2.75, 3.05) is 45.7 Å². The Kier molecular flexibility index (Phi) is 10.4. The van der Waals surface area contributed by atoms with Crippen LogP contribution in [0.1, 0.15) is 13.3 Å². The second-order valence-corrected chi connectivity index (χ2v) is 7.33. The van der Waals surface area contributed by atoms with Crippen LogP contribution in [0.5, 0.6) is 0 Å². The summed E-state index contributed by atoms with van der Waals surface area (Å²) in [4.78, 5) is 26.6. The number of hydrogen-bond donors (Lipinski definition) is 2. The molecular weight excluding hydrogens is 352 g/mol. The van der Waals surface area contributed by atoms with Crippen LogP contribution in [0.2, 0.25) is 0 Å². The van der Waals surface area contributed by atoms with Gasteiger partial charge in [0.25, 0.3) is 0 Å². The number of nitrogens with one attached hydrogen (secondary N) is 2. The maximum atomic E-state index is 12.3. The van der Waals surface area contributed by atoms with Gasteiger partial charge < -0.3 is 15.4 Å². The maximum Gasteiger partial charge on any atom is 0.238 e. The van der Waals surface area contributed by atoms with Crippen LogP contribution in [-0.2, 0) is 14.3 Å². The molecule has 0 fully saturated rings. The summed E-state index contributed by atoms with van der Waals surface area (Å²) in [7, 11) is 3.28. The molecule has 0 radical (unpaired) electrons. The van der Waals surface area contributed by atoms with Crippen LogP contribution in [0.15, 0.2) is 29.2 Å². The Bertz CT molecular complexity index is 633. The average molecular weight is 378 g/mol. The van der Waals surface area contributed by atoms with Gasteiger partial charge in [-0.25, -0.2) is 0 Å². The Labute approximate surface area is 159 Å². The fraction of sp³-hybridized carbons (Fsp3) is 0.500. The van der Waals surface area contributed by atoms with Crippen LogP contribution in [-0.4, -0.2) is 62.4 Å². The Hall–Kier alpha value is -2.08. The van der Waals surface area contributed by atoms with Crippen molar-refractivity contribution in [3.63, 3.8) is 0 Å². The molecule has 0 aliphatic carbocycles. The molecule has 0 unspecified atom stereocenters. The number of benzene rings is 1. The van der Waals surface area contributed by atoms with Crippen LogP contribution < -0.4 is 10.6 Å². The number of thioether (sulfide) groups is 1. The van der Waals surface area contributed by atoms with E-state index in [1.165, 1.54) is 0 Å². The van der Waals surface area contributed by atoms with Gasteiger partial charge in [0.15, 0.2) is 0 Å². The van der Waals surface area contributed by atoms with E-state index in [1.54, 1.807) is 30.8 Å². The highest BCUT2D eigenvalue weighted by Crippen LogP contribution is 2.31. The molecule has 0 saturated carbocycles. The van der Waals surface area contributed by atoms with Gasteiger partial charge in [-0.2, -0.15) is 5.26 Å². The van der Waals surface area contributed by atoms with Crippen LogP contribution in [0.3, 0.4) is 0 Å². The number of nitrogens with zero attached hydrogens (tertiary/aromatic N) is 2. The van der Waals surface area contributed by atoms with Crippen molar-refractivity contribution in [3.05, 3.63) is 24.3 Å². The molecule has 1 atom stereocenters. The molecule has 0 saturated heterocycles. The standard InChI is InChI=1S/C18H26N4O3S/c1-14(8-9-19)26-16-7-5-4-6-15(16)21-18(24)13-22(2)12-17(23)20-10-11-25-3/h4-7,14H,8,10-13H2,1-3H3,(H,20,23)(H,21,24)/t14-/m1/s1. The van der Waals surface area contributed by atoms with E-state index in [2.05, 4.69) is 16.7 Å². The lowest BCUT2D eigenvalue weighted by Crippen LogP contribution is -2.39. The number of carbonyl (C=O) groups excluding carboxylic acids is 2. The van der Waals surface area contributed by atoms with Crippen LogP contribution in [0, 0.1) is 11.3 Å². The topological polar surface area (TPSA) is 94.5 Å². The van der Waals surface area contributed by atoms with E-state index >= 15 is 0 Å². The van der Waals surface area contributed by atoms with Crippen molar-refractivity contribution in [1.82, 2.24) is 10.2 Å². The first kappa shape index (κ1) is 22.0. The Balaban J connectivity index is 2.52. The lowest BCUT2D eigenvalue weighted by atomic mass is 10.3. The van der Waals surface area contributed by atoms with E-state index in [4.69, 9.17) is 10.00 Å². The highest BCUT2D eigenvalue weighted by molar-refractivity contribution is 8.00. The smallest absolute Gasteiger partial charge is 0.238 e. The summed E-state index contributed by atoms with van der Waals surface area (Å²) in [5.74, 6) is -0.350. The van der Waals surface area contributed by atoms with Gasteiger partial charge in [-0.15, -0.1) is 11.8 Å². The third-order valence-corrected chi connectivity index (χ3v) is 4.50. The van der Waals surface area contributed by atoms with Crippen LogP contribution >= 0.6 is 11.8 Å². The first-order valence-electron chi connectivity index (χ1n) is 8.33. The predicted molar refractivity (Wildman–Crippen MR) is 103 cm³/mol. The number of nitriles is 1. The lowest BCUT2D eigenvalue weighted by molar-refractivity contribution is -0.123. The monoisotopic (exact) mass is 378 g/mol. The predicted octanol–water partition coefficient (Wildman–Crippen LogP) is 1.71. The minimum absolute atomic E-state index is 0.102. The fourth-order valence-electron chi connectivity index (χ4n) is 2.14. The number of amides is 2. The zero-order chi connectivity index (χ0) is 19.4. The summed E-state index contributed by atoms with van der Waals surface area (Å²) in [5, 5.41) is 14.5. The third kappa shape index (κ3) is 8.85. The molecule has 26 heavy (non-hydrogen) atoms. The molecule has 2 amide bonds. The van der Waals surface area contributed by atoms with Crippen molar-refractivity contribution in [2.45, 2.75) is 23.5 Å². The van der Waals surface area contributed by atoms with Gasteiger partial charge in [-0.05, 0) is 19.2 Å². The molecular formula is C18H26N4O3S. The van der Waals surface area contributed by atoms with E-state index in [0.29, 0.717) is 25.3 Å². The molecule has 1 aromatic rings. The van der Waals surface area contributed by atoms with Gasteiger partial charge in [0.2, 0.25) is 11.8 Å². The van der Waals surface area contributed by atoms with Crippen molar-refractivity contribution >= 4 is 29.3 Å². The summed E-state index contributed by atoms with van der Waals surface area (Å²) in [6.07, 6.45) is 0.438. The Morgan fingerprint density at radius 1 is 1.31 bits per heavy atom. The molecule has 2 N–H and O–H groups in total. The molecule has 0 aliphatic rings. The van der Waals surface area contributed by atoms with Crippen LogP contribution in [0.25, 0.3) is 0 Å². The normalized spacial score (nSPS) is 11.7. The quantitative estimate of drug-likeness (QED) is 0.450. The van der Waals surface area contributed by atoms with Gasteiger partial charge in [0.05, 0.1) is 31.5 Å². The summed E-state index contributed by atoms with van der Waals surface area (Å²) >= 11 is 1.55. The second-order valence-electron chi connectivity index (χ2n) is 5.85. The molecule has 0 aliphatic heterocycles. The lowest BCUT2D eigenvalue weighted by Gasteiger charge is -2.17. The molecule has 0 spiro atoms. The van der Waals surface area contributed by atoms with Gasteiger partial charge >= 0.3 is 0 Å². The van der Waals surface area contributed by atoms with Gasteiger partial charge in [0, 0.05) is 30.2 Å². The van der Waals surface area contributed by atoms with Crippen molar-refractivity contribution < 1.29 is 14.3 Å². The summed E-state index contributed by atoms with van der Waals surface area (Å²) in [6.45, 7) is 3.11. The highest BCUT2D eigenvalue weighted by atomic mass is 32.2. The van der Waals surface area contributed by atoms with E-state index in [1.807, 2.05) is 31.2 Å². The maximum absolute atomic E-state index is 12.3. The fourth-order valence-corrected chi connectivity index (χ4v) is 3.14. The van der Waals surface area contributed by atoms with Crippen molar-refractivity contribution in [3.8, 4) is 6.07 Å². The summed E-state index contributed by atoms with van der Waals surface area (Å²) < 4.78 is 4.87. The molecule has 0 aromatic heterocycles. The minimum Gasteiger partial charge on any atom is -0.383 e. The van der Waals surface area contributed by atoms with Crippen molar-refractivity contribution in [1.29, 1.82) is 5.26 Å². The zero-order valence-corrected chi connectivity index (χ0v) is 16.3. The van der Waals surface area contributed by atoms with Gasteiger partial charge in [0.1, 0.15) is 0 Å². The minimum atomic E-state index is -0.196. The summed E-state index contributed by atoms with van der Waals surface area (Å²) in [6, 6.07) is 9.64. The number of rotatable bonds is 11. The van der Waals surface area contributed by atoms with Crippen molar-refractivity contribution in [2.24, 2.45) is 0 Å². The number of para-hydroxylation sites is 1. The van der Waals surface area contributed by atoms with Gasteiger partial charge in [-0.1, -0.05) is 19.1 Å². The van der Waals surface area contributed by atoms with E-state index in [-0.39, 0.29) is 30.2 Å². The third-order valence-electron chi connectivity index (χ3n) is 3.32. The molecule has 7 nitrogen and oxygen atoms in total. The van der Waals surface area contributed by atoms with E-state index in [0.717, 1.165) is 4.90 Å². The van der Waals surface area contributed by atoms with E-state index < -0.39 is 0 Å². The summed E-state index contributed by atoms with van der Waals surface area (Å²) in [5.41, 5.74) is 0.713. The highest BCUT2D eigenvalue weighted by Gasteiger charge is 2.13. The number of anilines is 1. The average Bonchev–Trinajstić information content (AvgIpc) is 2.56. The molecule has 142 valence electrons. The van der Waals surface area contributed by atoms with Gasteiger partial charge in [-0.3, -0.25) is 14.5 Å². The Morgan fingerprint density at radius 3 is 2.69 bits per heavy atom. The largest absolute Gasteiger partial charge is 0.383 e. The zero-order valence-electron chi connectivity index (χ0n) is 15.4. The van der Waals surface area contributed by atoms with E-state index in [9.17, 15) is 9.59 Å². The number of methoxy groups -OCH3 is 1. The number of carbonyl (C=O) groups is 2. The number of ether oxygens (including phenoxy) is 1. The molecule has 0 heterocycles. The first-order chi connectivity index (χ1) is 12.5. The number of hydrogen-bond acceptors (Lipinski definition) is 6.